The molecule has 0 bridgehead atoms. The number of hydrogen-bond acceptors (Lipinski definition) is 7. The highest BCUT2D eigenvalue weighted by molar-refractivity contribution is 5.73. The third-order valence-corrected chi connectivity index (χ3v) is 3.83. The molecule has 2 aromatic rings. The Morgan fingerprint density at radius 1 is 1.29 bits per heavy atom. The van der Waals surface area contributed by atoms with Gasteiger partial charge in [-0.25, -0.2) is 0 Å². The number of pyridine rings is 1. The Kier molecular flexibility index (Phi) is 7.38. The lowest BCUT2D eigenvalue weighted by Crippen LogP contribution is -2.19. The van der Waals surface area contributed by atoms with Crippen LogP contribution in [0.3, 0.4) is 0 Å². The van der Waals surface area contributed by atoms with Gasteiger partial charge in [0.1, 0.15) is 18.0 Å². The lowest BCUT2D eigenvalue weighted by molar-refractivity contribution is -0.383. The molecule has 0 saturated heterocycles. The van der Waals surface area contributed by atoms with Gasteiger partial charge < -0.3 is 20.1 Å². The number of nitrogens with zero attached hydrogens (tertiary/aromatic N) is 3. The Bertz CT molecular complexity index is 854. The van der Waals surface area contributed by atoms with Crippen molar-refractivity contribution in [1.29, 1.82) is 0 Å². The molecule has 0 radical (unpaired) electrons. The molecule has 8 heteroatoms. The van der Waals surface area contributed by atoms with Gasteiger partial charge >= 0.3 is 5.69 Å². The van der Waals surface area contributed by atoms with Gasteiger partial charge in [-0.1, -0.05) is 30.9 Å². The summed E-state index contributed by atoms with van der Waals surface area (Å²) in [4.78, 5) is 16.6. The third-order valence-electron chi connectivity index (χ3n) is 3.83. The highest BCUT2D eigenvalue weighted by Crippen LogP contribution is 2.35. The van der Waals surface area contributed by atoms with Crippen LogP contribution in [0.25, 0.3) is 0 Å². The van der Waals surface area contributed by atoms with Crippen LogP contribution in [0.15, 0.2) is 55.6 Å². The summed E-state index contributed by atoms with van der Waals surface area (Å²) in [7, 11) is 1.74. The summed E-state index contributed by atoms with van der Waals surface area (Å²) in [6.45, 7) is 8.40. The van der Waals surface area contributed by atoms with E-state index >= 15 is 0 Å². The summed E-state index contributed by atoms with van der Waals surface area (Å²) >= 11 is 0. The lowest BCUT2D eigenvalue weighted by atomic mass is 10.2. The normalized spacial score (nSPS) is 10.2. The molecule has 2 N–H and O–H groups in total. The standard InChI is InChI=1S/C20H24N4O4/c1-4-6-11-27-16-9-7-8-15(12-16)14-23(3)17-13-18(28-10-5-2)22-20(21)19(17)24(25)26/h4-5,7-9,12-13H,1-2,6,10-11,14H2,3H3,(H2,21,22). The van der Waals surface area contributed by atoms with Crippen LogP contribution in [0.4, 0.5) is 17.2 Å². The third kappa shape index (κ3) is 5.47. The fourth-order valence-electron chi connectivity index (χ4n) is 2.57. The van der Waals surface area contributed by atoms with Crippen LogP contribution < -0.4 is 20.1 Å². The zero-order valence-electron chi connectivity index (χ0n) is 15.8. The first-order chi connectivity index (χ1) is 13.5. The highest BCUT2D eigenvalue weighted by Gasteiger charge is 2.24. The molecule has 0 aliphatic rings. The largest absolute Gasteiger partial charge is 0.493 e. The van der Waals surface area contributed by atoms with Gasteiger partial charge in [-0.2, -0.15) is 4.98 Å². The topological polar surface area (TPSA) is 104 Å². The molecule has 0 saturated carbocycles. The molecular formula is C20H24N4O4. The first-order valence-corrected chi connectivity index (χ1v) is 8.68. The van der Waals surface area contributed by atoms with E-state index in [1.165, 1.54) is 6.07 Å². The van der Waals surface area contributed by atoms with Crippen LogP contribution in [0.5, 0.6) is 11.6 Å². The van der Waals surface area contributed by atoms with E-state index in [1.54, 1.807) is 24.1 Å². The second-order valence-corrected chi connectivity index (χ2v) is 6.00. The van der Waals surface area contributed by atoms with Crippen molar-refractivity contribution in [2.45, 2.75) is 13.0 Å². The van der Waals surface area contributed by atoms with Crippen molar-refractivity contribution in [2.24, 2.45) is 0 Å². The van der Waals surface area contributed by atoms with E-state index in [-0.39, 0.29) is 24.0 Å². The summed E-state index contributed by atoms with van der Waals surface area (Å²) < 4.78 is 11.1. The van der Waals surface area contributed by atoms with E-state index in [1.807, 2.05) is 24.3 Å². The Morgan fingerprint density at radius 3 is 2.75 bits per heavy atom. The monoisotopic (exact) mass is 384 g/mol. The fourth-order valence-corrected chi connectivity index (χ4v) is 2.57. The Balaban J connectivity index is 2.27. The number of benzene rings is 1. The first-order valence-electron chi connectivity index (χ1n) is 8.68. The molecule has 0 spiro atoms. The van der Waals surface area contributed by atoms with E-state index in [9.17, 15) is 10.1 Å². The van der Waals surface area contributed by atoms with Gasteiger partial charge in [0.15, 0.2) is 0 Å². The van der Waals surface area contributed by atoms with Crippen LogP contribution in [-0.2, 0) is 6.54 Å². The molecule has 1 aromatic heterocycles. The second kappa shape index (κ2) is 9.96. The van der Waals surface area contributed by atoms with Gasteiger partial charge in [-0.3, -0.25) is 10.1 Å². The van der Waals surface area contributed by atoms with Crippen LogP contribution in [0.1, 0.15) is 12.0 Å². The molecular weight excluding hydrogens is 360 g/mol. The van der Waals surface area contributed by atoms with Gasteiger partial charge in [0.2, 0.25) is 11.7 Å². The maximum atomic E-state index is 11.5. The summed E-state index contributed by atoms with van der Waals surface area (Å²) in [5.41, 5.74) is 6.79. The number of nitro groups is 1. The molecule has 2 rings (SSSR count). The second-order valence-electron chi connectivity index (χ2n) is 6.00. The summed E-state index contributed by atoms with van der Waals surface area (Å²) in [5, 5.41) is 11.5. The molecule has 0 aliphatic carbocycles. The van der Waals surface area contributed by atoms with Gasteiger partial charge in [-0.15, -0.1) is 6.58 Å². The van der Waals surface area contributed by atoms with Crippen molar-refractivity contribution in [3.63, 3.8) is 0 Å². The molecule has 1 aromatic carbocycles. The Labute approximate surface area is 164 Å². The van der Waals surface area contributed by atoms with E-state index in [2.05, 4.69) is 18.1 Å². The van der Waals surface area contributed by atoms with Gasteiger partial charge in [0.05, 0.1) is 11.5 Å². The van der Waals surface area contributed by atoms with Crippen molar-refractivity contribution in [3.8, 4) is 11.6 Å². The fraction of sp³-hybridized carbons (Fsp3) is 0.250. The molecule has 0 amide bonds. The number of nitrogens with two attached hydrogens (primary N) is 1. The lowest BCUT2D eigenvalue weighted by Gasteiger charge is -2.20. The minimum atomic E-state index is -0.541. The SMILES string of the molecule is C=CCCOc1cccc(CN(C)c2cc(OCC=C)nc(N)c2[N+](=O)[O-])c1. The summed E-state index contributed by atoms with van der Waals surface area (Å²) in [5.74, 6) is 0.729. The van der Waals surface area contributed by atoms with Crippen molar-refractivity contribution < 1.29 is 14.4 Å². The highest BCUT2D eigenvalue weighted by atomic mass is 16.6. The van der Waals surface area contributed by atoms with Crippen LogP contribution >= 0.6 is 0 Å². The summed E-state index contributed by atoms with van der Waals surface area (Å²) in [6.07, 6.45) is 4.09. The van der Waals surface area contributed by atoms with E-state index in [4.69, 9.17) is 15.2 Å². The number of hydrogen-bond donors (Lipinski definition) is 1. The zero-order chi connectivity index (χ0) is 20.5. The van der Waals surface area contributed by atoms with Crippen LogP contribution in [0.2, 0.25) is 0 Å². The molecule has 0 aliphatic heterocycles. The average molecular weight is 384 g/mol. The van der Waals surface area contributed by atoms with E-state index < -0.39 is 4.92 Å². The first kappa shape index (κ1) is 20.8. The molecule has 28 heavy (non-hydrogen) atoms. The number of ether oxygens (including phenoxy) is 2. The smallest absolute Gasteiger partial charge is 0.334 e. The quantitative estimate of drug-likeness (QED) is 0.272. The number of aromatic nitrogens is 1. The number of rotatable bonds is 11. The Morgan fingerprint density at radius 2 is 2.07 bits per heavy atom. The van der Waals surface area contributed by atoms with Crippen molar-refractivity contribution in [1.82, 2.24) is 4.98 Å². The minimum Gasteiger partial charge on any atom is -0.493 e. The van der Waals surface area contributed by atoms with Crippen molar-refractivity contribution >= 4 is 17.2 Å². The van der Waals surface area contributed by atoms with Gasteiger partial charge in [0, 0.05) is 19.7 Å². The van der Waals surface area contributed by atoms with Crippen LogP contribution in [-0.4, -0.2) is 30.2 Å². The average Bonchev–Trinajstić information content (AvgIpc) is 2.66. The predicted octanol–water partition coefficient (Wildman–Crippen LogP) is 3.73. The predicted molar refractivity (Wildman–Crippen MR) is 110 cm³/mol. The van der Waals surface area contributed by atoms with Crippen molar-refractivity contribution in [3.05, 3.63) is 71.3 Å². The summed E-state index contributed by atoms with van der Waals surface area (Å²) in [6, 6.07) is 9.05. The molecule has 0 atom stereocenters. The maximum Gasteiger partial charge on any atom is 0.334 e. The van der Waals surface area contributed by atoms with Gasteiger partial charge in [0.25, 0.3) is 0 Å². The van der Waals surface area contributed by atoms with Crippen LogP contribution in [0, 0.1) is 10.1 Å². The van der Waals surface area contributed by atoms with E-state index in [0.29, 0.717) is 18.8 Å². The molecule has 0 fully saturated rings. The zero-order valence-corrected chi connectivity index (χ0v) is 15.8. The van der Waals surface area contributed by atoms with Crippen molar-refractivity contribution in [2.75, 3.05) is 30.9 Å². The molecule has 0 unspecified atom stereocenters. The van der Waals surface area contributed by atoms with E-state index in [0.717, 1.165) is 17.7 Å². The molecule has 148 valence electrons. The minimum absolute atomic E-state index is 0.199. The maximum absolute atomic E-state index is 11.5. The Hall–Kier alpha value is -3.55. The number of anilines is 2. The molecule has 1 heterocycles. The van der Waals surface area contributed by atoms with Gasteiger partial charge in [-0.05, 0) is 24.1 Å². The number of nitrogen functional groups attached to an aromatic ring is 1. The molecule has 8 nitrogen and oxygen atoms in total.